The zero-order valence-electron chi connectivity index (χ0n) is 15.3. The molecule has 7 heteroatoms. The summed E-state index contributed by atoms with van der Waals surface area (Å²) in [7, 11) is 0. The Bertz CT molecular complexity index is 854. The maximum atomic E-state index is 12.0. The van der Waals surface area contributed by atoms with Crippen molar-refractivity contribution in [3.8, 4) is 11.5 Å². The molecule has 27 heavy (non-hydrogen) atoms. The zero-order chi connectivity index (χ0) is 19.2. The van der Waals surface area contributed by atoms with Gasteiger partial charge in [0.15, 0.2) is 11.5 Å². The van der Waals surface area contributed by atoms with Crippen LogP contribution in [0, 0.1) is 13.8 Å². The van der Waals surface area contributed by atoms with Gasteiger partial charge in [-0.2, -0.15) is 0 Å². The summed E-state index contributed by atoms with van der Waals surface area (Å²) in [6.45, 7) is 4.60. The number of rotatable bonds is 7. The van der Waals surface area contributed by atoms with Crippen LogP contribution in [0.25, 0.3) is 0 Å². The molecule has 0 atom stereocenters. The van der Waals surface area contributed by atoms with Crippen LogP contribution in [0.3, 0.4) is 0 Å². The largest absolute Gasteiger partial charge is 0.454 e. The predicted molar refractivity (Wildman–Crippen MR) is 106 cm³/mol. The molecule has 2 amide bonds. The van der Waals surface area contributed by atoms with Gasteiger partial charge in [-0.05, 0) is 43.2 Å². The summed E-state index contributed by atoms with van der Waals surface area (Å²) in [5, 5.41) is 5.72. The highest BCUT2D eigenvalue weighted by molar-refractivity contribution is 8.00. The summed E-state index contributed by atoms with van der Waals surface area (Å²) in [6, 6.07) is 11.4. The Morgan fingerprint density at radius 2 is 1.78 bits per heavy atom. The van der Waals surface area contributed by atoms with Crippen LogP contribution in [0.5, 0.6) is 11.5 Å². The smallest absolute Gasteiger partial charge is 0.234 e. The maximum Gasteiger partial charge on any atom is 0.234 e. The normalized spacial score (nSPS) is 11.9. The topological polar surface area (TPSA) is 76.7 Å². The summed E-state index contributed by atoms with van der Waals surface area (Å²) >= 11 is 1.28. The Morgan fingerprint density at radius 3 is 2.59 bits per heavy atom. The molecule has 0 unspecified atom stereocenters. The van der Waals surface area contributed by atoms with Crippen LogP contribution in [0.1, 0.15) is 16.7 Å². The first-order valence-corrected chi connectivity index (χ1v) is 9.77. The molecule has 1 aliphatic heterocycles. The molecule has 1 heterocycles. The number of nitrogens with one attached hydrogen (secondary N) is 2. The average Bonchev–Trinajstić information content (AvgIpc) is 3.10. The molecular formula is C20H22N2O4S. The van der Waals surface area contributed by atoms with Crippen LogP contribution in [-0.2, 0) is 16.1 Å². The van der Waals surface area contributed by atoms with Gasteiger partial charge in [-0.1, -0.05) is 23.8 Å². The lowest BCUT2D eigenvalue weighted by molar-refractivity contribution is -0.118. The highest BCUT2D eigenvalue weighted by atomic mass is 32.2. The molecule has 2 aromatic carbocycles. The molecule has 0 aromatic heterocycles. The third-order valence-electron chi connectivity index (χ3n) is 4.05. The Morgan fingerprint density at radius 1 is 1.00 bits per heavy atom. The van der Waals surface area contributed by atoms with Crippen molar-refractivity contribution in [2.24, 2.45) is 0 Å². The maximum absolute atomic E-state index is 12.0. The lowest BCUT2D eigenvalue weighted by Crippen LogP contribution is -2.25. The molecule has 0 fully saturated rings. The van der Waals surface area contributed by atoms with E-state index in [0.717, 1.165) is 28.1 Å². The van der Waals surface area contributed by atoms with Gasteiger partial charge in [0.25, 0.3) is 0 Å². The van der Waals surface area contributed by atoms with Gasteiger partial charge in [0.05, 0.1) is 11.5 Å². The fraction of sp³-hybridized carbons (Fsp3) is 0.300. The number of amides is 2. The van der Waals surface area contributed by atoms with Crippen LogP contribution in [0.15, 0.2) is 36.4 Å². The van der Waals surface area contributed by atoms with Gasteiger partial charge in [-0.15, -0.1) is 11.8 Å². The van der Waals surface area contributed by atoms with Crippen molar-refractivity contribution in [3.63, 3.8) is 0 Å². The lowest BCUT2D eigenvalue weighted by Gasteiger charge is -2.09. The number of thioether (sulfide) groups is 1. The summed E-state index contributed by atoms with van der Waals surface area (Å²) in [4.78, 5) is 24.0. The van der Waals surface area contributed by atoms with E-state index in [9.17, 15) is 9.59 Å². The van der Waals surface area contributed by atoms with Crippen LogP contribution >= 0.6 is 11.8 Å². The van der Waals surface area contributed by atoms with Crippen molar-refractivity contribution < 1.29 is 19.1 Å². The fourth-order valence-electron chi connectivity index (χ4n) is 2.68. The second kappa shape index (κ2) is 8.81. The van der Waals surface area contributed by atoms with Gasteiger partial charge >= 0.3 is 0 Å². The minimum absolute atomic E-state index is 0.114. The molecule has 3 rings (SSSR count). The van der Waals surface area contributed by atoms with Crippen molar-refractivity contribution in [3.05, 3.63) is 53.1 Å². The van der Waals surface area contributed by atoms with E-state index in [1.165, 1.54) is 11.8 Å². The Hall–Kier alpha value is -2.67. The number of hydrogen-bond donors (Lipinski definition) is 2. The van der Waals surface area contributed by atoms with Gasteiger partial charge < -0.3 is 20.1 Å². The Kier molecular flexibility index (Phi) is 6.24. The monoisotopic (exact) mass is 386 g/mol. The Labute approximate surface area is 162 Å². The Balaban J connectivity index is 1.37. The second-order valence-electron chi connectivity index (χ2n) is 6.32. The van der Waals surface area contributed by atoms with E-state index in [0.29, 0.717) is 12.3 Å². The summed E-state index contributed by atoms with van der Waals surface area (Å²) in [5.41, 5.74) is 3.91. The van der Waals surface area contributed by atoms with E-state index >= 15 is 0 Å². The molecule has 0 bridgehead atoms. The molecule has 0 aliphatic carbocycles. The van der Waals surface area contributed by atoms with Gasteiger partial charge in [0, 0.05) is 12.2 Å². The van der Waals surface area contributed by atoms with Crippen molar-refractivity contribution in [2.45, 2.75) is 20.4 Å². The minimum Gasteiger partial charge on any atom is -0.454 e. The number of anilines is 1. The van der Waals surface area contributed by atoms with Crippen molar-refractivity contribution in [2.75, 3.05) is 23.6 Å². The lowest BCUT2D eigenvalue weighted by atomic mass is 10.1. The third kappa shape index (κ3) is 5.40. The highest BCUT2D eigenvalue weighted by Crippen LogP contribution is 2.32. The molecule has 142 valence electrons. The standard InChI is InChI=1S/C20H22N2O4S/c1-13-3-5-16(14(2)7-13)22-20(24)11-27-10-19(23)21-9-15-4-6-17-18(8-15)26-12-25-17/h3-8H,9-12H2,1-2H3,(H,21,23)(H,22,24). The van der Waals surface area contributed by atoms with Crippen molar-refractivity contribution in [1.29, 1.82) is 0 Å². The number of carbonyl (C=O) groups is 2. The summed E-state index contributed by atoms with van der Waals surface area (Å²) < 4.78 is 10.6. The van der Waals surface area contributed by atoms with E-state index in [1.807, 2.05) is 50.2 Å². The quantitative estimate of drug-likeness (QED) is 0.765. The van der Waals surface area contributed by atoms with Gasteiger partial charge in [0.2, 0.25) is 18.6 Å². The van der Waals surface area contributed by atoms with E-state index in [-0.39, 0.29) is 30.1 Å². The molecule has 2 N–H and O–H groups in total. The predicted octanol–water partition coefficient (Wildman–Crippen LogP) is 3.02. The molecule has 0 saturated carbocycles. The summed E-state index contributed by atoms with van der Waals surface area (Å²) in [5.74, 6) is 1.64. The second-order valence-corrected chi connectivity index (χ2v) is 7.31. The SMILES string of the molecule is Cc1ccc(NC(=O)CSCC(=O)NCc2ccc3c(c2)OCO3)c(C)c1. The number of benzene rings is 2. The van der Waals surface area contributed by atoms with Gasteiger partial charge in [-0.25, -0.2) is 0 Å². The van der Waals surface area contributed by atoms with E-state index in [1.54, 1.807) is 0 Å². The number of aryl methyl sites for hydroxylation is 2. The van der Waals surface area contributed by atoms with Gasteiger partial charge in [-0.3, -0.25) is 9.59 Å². The van der Waals surface area contributed by atoms with E-state index in [2.05, 4.69) is 10.6 Å². The molecule has 6 nitrogen and oxygen atoms in total. The first-order valence-electron chi connectivity index (χ1n) is 8.61. The number of ether oxygens (including phenoxy) is 2. The van der Waals surface area contributed by atoms with Crippen molar-refractivity contribution >= 4 is 29.3 Å². The number of hydrogen-bond acceptors (Lipinski definition) is 5. The van der Waals surface area contributed by atoms with E-state index in [4.69, 9.17) is 9.47 Å². The minimum atomic E-state index is -0.115. The number of fused-ring (bicyclic) bond motifs is 1. The molecule has 1 aliphatic rings. The molecule has 0 spiro atoms. The highest BCUT2D eigenvalue weighted by Gasteiger charge is 2.13. The van der Waals surface area contributed by atoms with Crippen LogP contribution < -0.4 is 20.1 Å². The van der Waals surface area contributed by atoms with Crippen LogP contribution in [-0.4, -0.2) is 30.1 Å². The van der Waals surface area contributed by atoms with Crippen molar-refractivity contribution in [1.82, 2.24) is 5.32 Å². The fourth-order valence-corrected chi connectivity index (χ4v) is 3.33. The third-order valence-corrected chi connectivity index (χ3v) is 4.98. The molecule has 0 saturated heterocycles. The first-order chi connectivity index (χ1) is 13.0. The van der Waals surface area contributed by atoms with Crippen LogP contribution in [0.2, 0.25) is 0 Å². The van der Waals surface area contributed by atoms with E-state index < -0.39 is 0 Å². The molecular weight excluding hydrogens is 364 g/mol. The zero-order valence-corrected chi connectivity index (χ0v) is 16.2. The van der Waals surface area contributed by atoms with Gasteiger partial charge in [0.1, 0.15) is 0 Å². The first kappa shape index (κ1) is 19.1. The number of carbonyl (C=O) groups excluding carboxylic acids is 2. The van der Waals surface area contributed by atoms with Crippen LogP contribution in [0.4, 0.5) is 5.69 Å². The summed E-state index contributed by atoms with van der Waals surface area (Å²) in [6.07, 6.45) is 0. The average molecular weight is 386 g/mol. The molecule has 0 radical (unpaired) electrons. The molecule has 2 aromatic rings.